The van der Waals surface area contributed by atoms with Crippen LogP contribution in [0.25, 0.3) is 22.3 Å². The van der Waals surface area contributed by atoms with E-state index in [1.54, 1.807) is 0 Å². The van der Waals surface area contributed by atoms with Gasteiger partial charge in [-0.25, -0.2) is 0 Å². The fraction of sp³-hybridized carbons (Fsp3) is 0.464. The van der Waals surface area contributed by atoms with Crippen LogP contribution in [0, 0.1) is 0 Å². The van der Waals surface area contributed by atoms with Crippen molar-refractivity contribution in [2.24, 2.45) is 0 Å². The maximum absolute atomic E-state index is 13.8. The Balaban J connectivity index is 1.60. The first kappa shape index (κ1) is 31.9. The first-order valence-corrected chi connectivity index (χ1v) is 13.4. The van der Waals surface area contributed by atoms with Crippen molar-refractivity contribution in [3.63, 3.8) is 0 Å². The van der Waals surface area contributed by atoms with Crippen molar-refractivity contribution in [3.8, 4) is 34.3 Å². The summed E-state index contributed by atoms with van der Waals surface area (Å²) in [5.41, 5.74) is -0.823. The molecule has 10 atom stereocenters. The zero-order valence-electron chi connectivity index (χ0n) is 23.0. The monoisotopic (exact) mass is 624 g/mol. The van der Waals surface area contributed by atoms with Crippen LogP contribution in [0.2, 0.25) is 0 Å². The molecule has 1 aromatic heterocycles. The third-order valence-corrected chi connectivity index (χ3v) is 7.47. The van der Waals surface area contributed by atoms with Gasteiger partial charge in [-0.1, -0.05) is 0 Å². The minimum Gasteiger partial charge on any atom is -0.508 e. The summed E-state index contributed by atoms with van der Waals surface area (Å²) >= 11 is 0. The lowest BCUT2D eigenvalue weighted by Gasteiger charge is -2.45. The number of ether oxygens (including phenoxy) is 5. The number of aliphatic hydroxyl groups is 7. The lowest BCUT2D eigenvalue weighted by molar-refractivity contribution is -0.358. The number of aliphatic hydroxyl groups excluding tert-OH is 7. The van der Waals surface area contributed by atoms with E-state index < -0.39 is 91.6 Å². The third-order valence-electron chi connectivity index (χ3n) is 7.47. The van der Waals surface area contributed by atoms with E-state index >= 15 is 0 Å². The minimum absolute atomic E-state index is 0.106. The Hall–Kier alpha value is -3.55. The highest BCUT2D eigenvalue weighted by Gasteiger charge is 2.51. The third kappa shape index (κ3) is 5.80. The molecule has 2 aromatic carbocycles. The molecule has 0 aliphatic carbocycles. The summed E-state index contributed by atoms with van der Waals surface area (Å²) in [6.07, 6.45) is -17.5. The highest BCUT2D eigenvalue weighted by Crippen LogP contribution is 2.38. The van der Waals surface area contributed by atoms with Gasteiger partial charge in [0, 0.05) is 17.7 Å². The van der Waals surface area contributed by atoms with Crippen molar-refractivity contribution in [2.45, 2.75) is 61.4 Å². The summed E-state index contributed by atoms with van der Waals surface area (Å²) in [7, 11) is 1.34. The Morgan fingerprint density at radius 1 is 0.795 bits per heavy atom. The Labute approximate surface area is 248 Å². The Morgan fingerprint density at radius 3 is 2.02 bits per heavy atom. The Kier molecular flexibility index (Phi) is 9.28. The summed E-state index contributed by atoms with van der Waals surface area (Å²) < 4.78 is 33.7. The number of hydrogen-bond donors (Lipinski definition) is 9. The second kappa shape index (κ2) is 12.8. The lowest BCUT2D eigenvalue weighted by Crippen LogP contribution is -2.65. The molecular formula is C28H32O16. The summed E-state index contributed by atoms with van der Waals surface area (Å²) in [6, 6.07) is 7.89. The molecule has 16 nitrogen and oxygen atoms in total. The van der Waals surface area contributed by atoms with Crippen molar-refractivity contribution in [1.82, 2.24) is 0 Å². The normalized spacial score (nSPS) is 32.5. The van der Waals surface area contributed by atoms with E-state index in [0.717, 1.165) is 6.07 Å². The summed E-state index contributed by atoms with van der Waals surface area (Å²) in [5, 5.41) is 91.8. The van der Waals surface area contributed by atoms with Crippen LogP contribution in [0.5, 0.6) is 23.0 Å². The summed E-state index contributed by atoms with van der Waals surface area (Å²) in [6.45, 7) is -1.60. The van der Waals surface area contributed by atoms with Crippen molar-refractivity contribution in [1.29, 1.82) is 0 Å². The van der Waals surface area contributed by atoms with E-state index in [-0.39, 0.29) is 33.8 Å². The van der Waals surface area contributed by atoms with Gasteiger partial charge in [0.2, 0.25) is 17.5 Å². The van der Waals surface area contributed by atoms with E-state index in [2.05, 4.69) is 0 Å². The molecule has 3 aromatic rings. The predicted molar refractivity (Wildman–Crippen MR) is 145 cm³/mol. The SMILES string of the molecule is COc1cc(O)c2c(=O)c(O[C@@H]3OC(CO)[C@H](O)C(O)C3O[C@@H]3OC(CO)[C@@H](O)C(O)[C@H]3O)c(-c3ccc(O)cc3)oc2c1. The molecule has 5 rings (SSSR count). The molecule has 0 spiro atoms. The number of rotatable bonds is 8. The topological polar surface area (TPSA) is 258 Å². The van der Waals surface area contributed by atoms with Crippen LogP contribution in [0.1, 0.15) is 0 Å². The van der Waals surface area contributed by atoms with Gasteiger partial charge >= 0.3 is 0 Å². The zero-order chi connectivity index (χ0) is 31.9. The van der Waals surface area contributed by atoms with Gasteiger partial charge in [-0.05, 0) is 24.3 Å². The minimum atomic E-state index is -1.92. The smallest absolute Gasteiger partial charge is 0.239 e. The van der Waals surface area contributed by atoms with Crippen LogP contribution in [0.15, 0.2) is 45.6 Å². The largest absolute Gasteiger partial charge is 0.508 e. The van der Waals surface area contributed by atoms with Crippen LogP contribution in [0.4, 0.5) is 0 Å². The van der Waals surface area contributed by atoms with Crippen molar-refractivity contribution >= 4 is 11.0 Å². The molecule has 9 N–H and O–H groups in total. The van der Waals surface area contributed by atoms with E-state index in [0.29, 0.717) is 0 Å². The van der Waals surface area contributed by atoms with E-state index in [4.69, 9.17) is 28.1 Å². The predicted octanol–water partition coefficient (Wildman–Crippen LogP) is -2.12. The van der Waals surface area contributed by atoms with Crippen LogP contribution in [0.3, 0.4) is 0 Å². The van der Waals surface area contributed by atoms with Gasteiger partial charge in [-0.2, -0.15) is 0 Å². The van der Waals surface area contributed by atoms with Crippen LogP contribution in [-0.4, -0.2) is 128 Å². The van der Waals surface area contributed by atoms with Crippen molar-refractivity contribution in [3.05, 3.63) is 46.6 Å². The van der Waals surface area contributed by atoms with E-state index in [9.17, 15) is 50.8 Å². The molecule has 0 saturated carbocycles. The first-order valence-electron chi connectivity index (χ1n) is 13.4. The molecule has 16 heteroatoms. The second-order valence-electron chi connectivity index (χ2n) is 10.3. The van der Waals surface area contributed by atoms with Crippen molar-refractivity contribution < 1.29 is 74.1 Å². The molecule has 2 fully saturated rings. The molecule has 5 unspecified atom stereocenters. The zero-order valence-corrected chi connectivity index (χ0v) is 23.0. The fourth-order valence-corrected chi connectivity index (χ4v) is 5.03. The number of hydrogen-bond acceptors (Lipinski definition) is 16. The maximum atomic E-state index is 13.8. The number of fused-ring (bicyclic) bond motifs is 1. The molecule has 0 radical (unpaired) electrons. The van der Waals surface area contributed by atoms with E-state index in [1.807, 2.05) is 0 Å². The molecule has 44 heavy (non-hydrogen) atoms. The van der Waals surface area contributed by atoms with Gasteiger partial charge < -0.3 is 74.1 Å². The van der Waals surface area contributed by atoms with Crippen LogP contribution < -0.4 is 14.9 Å². The van der Waals surface area contributed by atoms with Crippen LogP contribution in [-0.2, 0) is 14.2 Å². The second-order valence-corrected chi connectivity index (χ2v) is 10.3. The number of methoxy groups -OCH3 is 1. The van der Waals surface area contributed by atoms with Gasteiger partial charge in [-0.3, -0.25) is 4.79 Å². The molecule has 3 heterocycles. The number of phenolic OH excluding ortho intramolecular Hbond substituents is 2. The van der Waals surface area contributed by atoms with Gasteiger partial charge in [-0.15, -0.1) is 0 Å². The number of phenols is 2. The quantitative estimate of drug-likeness (QED) is 0.130. The van der Waals surface area contributed by atoms with Crippen LogP contribution >= 0.6 is 0 Å². The molecule has 0 bridgehead atoms. The highest BCUT2D eigenvalue weighted by atomic mass is 16.8. The molecule has 2 saturated heterocycles. The number of aromatic hydroxyl groups is 2. The van der Waals surface area contributed by atoms with Gasteiger partial charge in [0.05, 0.1) is 20.3 Å². The first-order chi connectivity index (χ1) is 21.0. The Morgan fingerprint density at radius 2 is 1.41 bits per heavy atom. The number of benzene rings is 2. The lowest BCUT2D eigenvalue weighted by atomic mass is 9.97. The van der Waals surface area contributed by atoms with Crippen molar-refractivity contribution in [2.75, 3.05) is 20.3 Å². The Bertz CT molecular complexity index is 1510. The maximum Gasteiger partial charge on any atom is 0.239 e. The molecule has 240 valence electrons. The standard InChI is InChI=1S/C28H32O16/c1-39-12-6-13(32)17-14(7-12)40-24(10-2-4-11(31)5-3-10)25(20(17)35)43-28-26(22(37)19(34)16(9-30)42-28)44-27-23(38)21(36)18(33)15(8-29)41-27/h2-7,15-16,18-19,21-23,26-34,36-38H,8-9H2,1H3/t15?,16?,18-,19+,21?,22?,23-,26?,27+,28+/m1/s1. The van der Waals surface area contributed by atoms with Gasteiger partial charge in [0.25, 0.3) is 0 Å². The average Bonchev–Trinajstić information content (AvgIpc) is 3.01. The summed E-state index contributed by atoms with van der Waals surface area (Å²) in [5.74, 6) is -1.29. The molecule has 2 aliphatic rings. The highest BCUT2D eigenvalue weighted by molar-refractivity contribution is 5.88. The average molecular weight is 625 g/mol. The summed E-state index contributed by atoms with van der Waals surface area (Å²) in [4.78, 5) is 13.8. The molecular weight excluding hydrogens is 592 g/mol. The van der Waals surface area contributed by atoms with Gasteiger partial charge in [0.15, 0.2) is 18.2 Å². The fourth-order valence-electron chi connectivity index (χ4n) is 5.03. The molecule has 2 aliphatic heterocycles. The van der Waals surface area contributed by atoms with E-state index in [1.165, 1.54) is 37.4 Å². The molecule has 0 amide bonds. The van der Waals surface area contributed by atoms with Gasteiger partial charge in [0.1, 0.15) is 70.9 Å².